The molecule has 0 unspecified atom stereocenters. The number of amides is 1. The van der Waals surface area contributed by atoms with Crippen molar-refractivity contribution in [1.29, 1.82) is 0 Å². The van der Waals surface area contributed by atoms with Gasteiger partial charge in [0.2, 0.25) is 5.91 Å². The summed E-state index contributed by atoms with van der Waals surface area (Å²) in [7, 11) is 0. The van der Waals surface area contributed by atoms with Gasteiger partial charge in [-0.15, -0.1) is 0 Å². The summed E-state index contributed by atoms with van der Waals surface area (Å²) < 4.78 is 5.10. The maximum absolute atomic E-state index is 11.5. The zero-order chi connectivity index (χ0) is 11.6. The van der Waals surface area contributed by atoms with Crippen LogP contribution in [0.1, 0.15) is 19.6 Å². The minimum atomic E-state index is -1.47. The Labute approximate surface area is 87.1 Å². The van der Waals surface area contributed by atoms with E-state index in [-0.39, 0.29) is 5.88 Å². The molecule has 0 spiro atoms. The molecule has 0 aliphatic carbocycles. The van der Waals surface area contributed by atoms with Crippen LogP contribution in [0.3, 0.4) is 0 Å². The normalized spacial score (nSPS) is 11.1. The number of hydrogen-bond acceptors (Lipinski definition) is 3. The van der Waals surface area contributed by atoms with Gasteiger partial charge in [0, 0.05) is 6.07 Å². The van der Waals surface area contributed by atoms with Crippen LogP contribution >= 0.6 is 0 Å². The van der Waals surface area contributed by atoms with Crippen LogP contribution in [-0.2, 0) is 9.59 Å². The van der Waals surface area contributed by atoms with Crippen molar-refractivity contribution in [2.75, 3.05) is 5.32 Å². The Morgan fingerprint density at radius 3 is 2.40 bits per heavy atom. The lowest BCUT2D eigenvalue weighted by Gasteiger charge is -2.16. The average Bonchev–Trinajstić information content (AvgIpc) is 2.50. The number of carbonyl (C=O) groups is 2. The van der Waals surface area contributed by atoms with Crippen LogP contribution in [0.15, 0.2) is 16.5 Å². The number of rotatable bonds is 3. The lowest BCUT2D eigenvalue weighted by molar-refractivity contribution is -0.151. The van der Waals surface area contributed by atoms with Crippen LogP contribution in [0, 0.1) is 12.3 Å². The second-order valence-electron chi connectivity index (χ2n) is 3.79. The van der Waals surface area contributed by atoms with Gasteiger partial charge in [0.25, 0.3) is 0 Å². The van der Waals surface area contributed by atoms with E-state index in [4.69, 9.17) is 9.52 Å². The number of carboxylic acid groups (broad SMARTS) is 1. The first kappa shape index (κ1) is 11.3. The molecule has 0 radical (unpaired) electrons. The van der Waals surface area contributed by atoms with Gasteiger partial charge in [-0.3, -0.25) is 14.9 Å². The summed E-state index contributed by atoms with van der Waals surface area (Å²) in [5, 5.41) is 11.2. The summed E-state index contributed by atoms with van der Waals surface area (Å²) in [6.07, 6.45) is 0. The molecular weight excluding hydrogens is 198 g/mol. The number of aryl methyl sites for hydroxylation is 1. The molecule has 0 aliphatic rings. The Morgan fingerprint density at radius 2 is 2.00 bits per heavy atom. The fourth-order valence-corrected chi connectivity index (χ4v) is 0.867. The van der Waals surface area contributed by atoms with Gasteiger partial charge in [-0.1, -0.05) is 0 Å². The van der Waals surface area contributed by atoms with Crippen molar-refractivity contribution in [2.24, 2.45) is 5.41 Å². The molecule has 5 heteroatoms. The fourth-order valence-electron chi connectivity index (χ4n) is 0.867. The number of carbonyl (C=O) groups excluding carboxylic acids is 1. The SMILES string of the molecule is Cc1ccc(NC(=O)C(C)(C)C(=O)O)o1. The standard InChI is InChI=1S/C10H13NO4/c1-6-4-5-7(15-6)11-8(12)10(2,3)9(13)14/h4-5H,1-3H3,(H,11,12)(H,13,14). The van der Waals surface area contributed by atoms with Crippen LogP contribution < -0.4 is 5.32 Å². The molecule has 0 bridgehead atoms. The molecule has 1 heterocycles. The molecule has 82 valence electrons. The highest BCUT2D eigenvalue weighted by Crippen LogP contribution is 2.20. The van der Waals surface area contributed by atoms with Crippen LogP contribution in [0.2, 0.25) is 0 Å². The fraction of sp³-hybridized carbons (Fsp3) is 0.400. The van der Waals surface area contributed by atoms with Crippen LogP contribution in [0.4, 0.5) is 5.88 Å². The Balaban J connectivity index is 2.76. The molecule has 0 fully saturated rings. The van der Waals surface area contributed by atoms with Gasteiger partial charge in [-0.2, -0.15) is 0 Å². The molecule has 1 rings (SSSR count). The molecule has 0 aromatic carbocycles. The zero-order valence-corrected chi connectivity index (χ0v) is 8.83. The first-order chi connectivity index (χ1) is 6.84. The monoisotopic (exact) mass is 211 g/mol. The third-order valence-corrected chi connectivity index (χ3v) is 2.08. The van der Waals surface area contributed by atoms with E-state index < -0.39 is 17.3 Å². The second kappa shape index (κ2) is 3.76. The van der Waals surface area contributed by atoms with Crippen molar-refractivity contribution in [3.8, 4) is 0 Å². The van der Waals surface area contributed by atoms with Crippen LogP contribution in [0.5, 0.6) is 0 Å². The molecule has 1 amide bonds. The molecule has 0 aliphatic heterocycles. The second-order valence-corrected chi connectivity index (χ2v) is 3.79. The number of anilines is 1. The van der Waals surface area contributed by atoms with Crippen LogP contribution in [-0.4, -0.2) is 17.0 Å². The van der Waals surface area contributed by atoms with E-state index in [1.165, 1.54) is 13.8 Å². The Hall–Kier alpha value is -1.78. The van der Waals surface area contributed by atoms with Gasteiger partial charge in [-0.25, -0.2) is 0 Å². The molecule has 1 aromatic rings. The maximum Gasteiger partial charge on any atom is 0.318 e. The predicted molar refractivity (Wildman–Crippen MR) is 53.5 cm³/mol. The van der Waals surface area contributed by atoms with E-state index in [0.717, 1.165) is 0 Å². The minimum absolute atomic E-state index is 0.256. The Morgan fingerprint density at radius 1 is 1.40 bits per heavy atom. The smallest absolute Gasteiger partial charge is 0.318 e. The van der Waals surface area contributed by atoms with E-state index in [2.05, 4.69) is 5.32 Å². The first-order valence-electron chi connectivity index (χ1n) is 4.45. The molecule has 1 aromatic heterocycles. The number of hydrogen-bond donors (Lipinski definition) is 2. The summed E-state index contributed by atoms with van der Waals surface area (Å²) in [5.74, 6) is -0.877. The molecule has 5 nitrogen and oxygen atoms in total. The van der Waals surface area contributed by atoms with Gasteiger partial charge in [-0.05, 0) is 26.8 Å². The van der Waals surface area contributed by atoms with Gasteiger partial charge in [0.15, 0.2) is 5.88 Å². The largest absolute Gasteiger partial charge is 0.480 e. The summed E-state index contributed by atoms with van der Waals surface area (Å²) in [6.45, 7) is 4.40. The average molecular weight is 211 g/mol. The quantitative estimate of drug-likeness (QED) is 0.745. The van der Waals surface area contributed by atoms with E-state index in [1.807, 2.05) is 0 Å². The number of aliphatic carboxylic acids is 1. The number of nitrogens with one attached hydrogen (secondary N) is 1. The molecule has 15 heavy (non-hydrogen) atoms. The minimum Gasteiger partial charge on any atom is -0.480 e. The first-order valence-corrected chi connectivity index (χ1v) is 4.45. The van der Waals surface area contributed by atoms with Gasteiger partial charge >= 0.3 is 5.97 Å². The zero-order valence-electron chi connectivity index (χ0n) is 8.83. The summed E-state index contributed by atoms with van der Waals surface area (Å²) in [4.78, 5) is 22.3. The third kappa shape index (κ3) is 2.37. The molecule has 0 saturated heterocycles. The number of furan rings is 1. The van der Waals surface area contributed by atoms with Crippen molar-refractivity contribution >= 4 is 17.8 Å². The van der Waals surface area contributed by atoms with E-state index in [0.29, 0.717) is 5.76 Å². The van der Waals surface area contributed by atoms with E-state index >= 15 is 0 Å². The highest BCUT2D eigenvalue weighted by molar-refractivity contribution is 6.07. The Kier molecular flexibility index (Phi) is 2.83. The van der Waals surface area contributed by atoms with Crippen molar-refractivity contribution in [3.63, 3.8) is 0 Å². The van der Waals surface area contributed by atoms with Crippen molar-refractivity contribution in [2.45, 2.75) is 20.8 Å². The van der Waals surface area contributed by atoms with Crippen molar-refractivity contribution in [1.82, 2.24) is 0 Å². The third-order valence-electron chi connectivity index (χ3n) is 2.08. The Bertz CT molecular complexity index is 392. The summed E-state index contributed by atoms with van der Waals surface area (Å²) in [6, 6.07) is 3.26. The molecule has 0 atom stereocenters. The summed E-state index contributed by atoms with van der Waals surface area (Å²) in [5.41, 5.74) is -1.47. The molecule has 2 N–H and O–H groups in total. The van der Waals surface area contributed by atoms with E-state index in [9.17, 15) is 9.59 Å². The lowest BCUT2D eigenvalue weighted by Crippen LogP contribution is -2.37. The molecule has 0 saturated carbocycles. The van der Waals surface area contributed by atoms with Gasteiger partial charge in [0.05, 0.1) is 0 Å². The lowest BCUT2D eigenvalue weighted by atomic mass is 9.93. The number of carboxylic acids is 1. The van der Waals surface area contributed by atoms with Crippen molar-refractivity contribution < 1.29 is 19.1 Å². The van der Waals surface area contributed by atoms with Gasteiger partial charge in [0.1, 0.15) is 11.2 Å². The highest BCUT2D eigenvalue weighted by Gasteiger charge is 2.36. The molecular formula is C10H13NO4. The van der Waals surface area contributed by atoms with Gasteiger partial charge < -0.3 is 9.52 Å². The maximum atomic E-state index is 11.5. The van der Waals surface area contributed by atoms with Crippen molar-refractivity contribution in [3.05, 3.63) is 17.9 Å². The summed E-state index contributed by atoms with van der Waals surface area (Å²) >= 11 is 0. The van der Waals surface area contributed by atoms with Crippen LogP contribution in [0.25, 0.3) is 0 Å². The van der Waals surface area contributed by atoms with E-state index in [1.54, 1.807) is 19.1 Å². The highest BCUT2D eigenvalue weighted by atomic mass is 16.4. The topological polar surface area (TPSA) is 79.5 Å². The predicted octanol–water partition coefficient (Wildman–Crippen LogP) is 1.64.